The lowest BCUT2D eigenvalue weighted by atomic mass is 9.88. The number of anilines is 2. The molecule has 0 atom stereocenters. The largest absolute Gasteiger partial charge is 0.315 e. The maximum Gasteiger partial charge on any atom is 0.257 e. The van der Waals surface area contributed by atoms with E-state index in [0.717, 1.165) is 48.9 Å². The van der Waals surface area contributed by atoms with Gasteiger partial charge in [0.25, 0.3) is 5.91 Å². The Morgan fingerprint density at radius 3 is 2.50 bits per heavy atom. The highest BCUT2D eigenvalue weighted by molar-refractivity contribution is 6.04. The molecule has 0 bridgehead atoms. The van der Waals surface area contributed by atoms with Crippen LogP contribution in [0.1, 0.15) is 60.9 Å². The molecule has 2 saturated carbocycles. The van der Waals surface area contributed by atoms with E-state index in [1.54, 1.807) is 29.2 Å². The fraction of sp³-hybridized carbons (Fsp3) is 0.407. The van der Waals surface area contributed by atoms with E-state index in [0.29, 0.717) is 23.0 Å². The minimum Gasteiger partial charge on any atom is -0.315 e. The van der Waals surface area contributed by atoms with Gasteiger partial charge in [0, 0.05) is 30.8 Å². The van der Waals surface area contributed by atoms with Gasteiger partial charge in [-0.15, -0.1) is 0 Å². The number of aromatic nitrogens is 2. The minimum absolute atomic E-state index is 0.101. The topological polar surface area (TPSA) is 91.0 Å². The Morgan fingerprint density at radius 2 is 1.82 bits per heavy atom. The Balaban J connectivity index is 1.42. The van der Waals surface area contributed by atoms with Gasteiger partial charge in [-0.25, -0.2) is 4.98 Å². The molecule has 1 N–H and O–H groups in total. The number of amides is 2. The molecule has 3 aromatic rings. The average Bonchev–Trinajstić information content (AvgIpc) is 3.64. The Labute approximate surface area is 199 Å². The number of nitriles is 1. The summed E-state index contributed by atoms with van der Waals surface area (Å²) in [4.78, 5) is 32.4. The normalized spacial score (nSPS) is 16.2. The van der Waals surface area contributed by atoms with Gasteiger partial charge in [-0.1, -0.05) is 19.3 Å². The summed E-state index contributed by atoms with van der Waals surface area (Å²) in [6.45, 7) is 0.801. The maximum atomic E-state index is 13.0. The van der Waals surface area contributed by atoms with Crippen molar-refractivity contribution in [2.45, 2.75) is 51.5 Å². The third kappa shape index (κ3) is 4.54. The Hall–Kier alpha value is -3.66. The van der Waals surface area contributed by atoms with E-state index in [2.05, 4.69) is 16.0 Å². The quantitative estimate of drug-likeness (QED) is 0.559. The molecular formula is C27H29N5O2. The van der Waals surface area contributed by atoms with Crippen molar-refractivity contribution in [2.24, 2.45) is 11.8 Å². The highest BCUT2D eigenvalue weighted by atomic mass is 16.2. The zero-order valence-corrected chi connectivity index (χ0v) is 19.5. The van der Waals surface area contributed by atoms with E-state index >= 15 is 0 Å². The summed E-state index contributed by atoms with van der Waals surface area (Å²) in [5.41, 5.74) is 3.52. The Morgan fingerprint density at radius 1 is 1.09 bits per heavy atom. The van der Waals surface area contributed by atoms with Gasteiger partial charge < -0.3 is 9.47 Å². The van der Waals surface area contributed by atoms with Crippen molar-refractivity contribution in [2.75, 3.05) is 17.3 Å². The minimum atomic E-state index is -0.262. The lowest BCUT2D eigenvalue weighted by Gasteiger charge is -2.26. The van der Waals surface area contributed by atoms with Gasteiger partial charge in [-0.3, -0.25) is 14.9 Å². The van der Waals surface area contributed by atoms with Crippen LogP contribution in [0.5, 0.6) is 0 Å². The van der Waals surface area contributed by atoms with Crippen molar-refractivity contribution in [3.05, 3.63) is 53.6 Å². The molecule has 174 valence electrons. The smallest absolute Gasteiger partial charge is 0.257 e. The number of hydrogen-bond donors (Lipinski definition) is 1. The third-order valence-corrected chi connectivity index (χ3v) is 7.04. The zero-order chi connectivity index (χ0) is 23.7. The highest BCUT2D eigenvalue weighted by Crippen LogP contribution is 2.35. The summed E-state index contributed by atoms with van der Waals surface area (Å²) >= 11 is 0. The second-order valence-corrected chi connectivity index (χ2v) is 9.54. The van der Waals surface area contributed by atoms with Crippen molar-refractivity contribution in [1.29, 1.82) is 5.26 Å². The number of carbonyl (C=O) groups excluding carboxylic acids is 2. The molecular weight excluding hydrogens is 426 g/mol. The fourth-order valence-corrected chi connectivity index (χ4v) is 4.79. The van der Waals surface area contributed by atoms with Crippen molar-refractivity contribution in [1.82, 2.24) is 9.55 Å². The van der Waals surface area contributed by atoms with Gasteiger partial charge >= 0.3 is 0 Å². The van der Waals surface area contributed by atoms with E-state index in [-0.39, 0.29) is 17.7 Å². The molecule has 1 aromatic heterocycles. The van der Waals surface area contributed by atoms with Crippen LogP contribution in [0, 0.1) is 23.2 Å². The number of hydrogen-bond acceptors (Lipinski definition) is 4. The zero-order valence-electron chi connectivity index (χ0n) is 19.5. The fourth-order valence-electron chi connectivity index (χ4n) is 4.79. The molecule has 2 aliphatic rings. The molecule has 0 aliphatic heterocycles. The maximum absolute atomic E-state index is 13.0. The number of rotatable bonds is 6. The van der Waals surface area contributed by atoms with Crippen molar-refractivity contribution in [3.8, 4) is 6.07 Å². The van der Waals surface area contributed by atoms with Gasteiger partial charge in [0.1, 0.15) is 0 Å². The SMILES string of the molecule is CN(C(=O)C1CCCCC1)c1ccc2c(c1)nc(NC(=O)c1ccc(C#N)cc1)n2CC1CC1. The Kier molecular flexibility index (Phi) is 6.06. The summed E-state index contributed by atoms with van der Waals surface area (Å²) in [5.74, 6) is 1.12. The monoisotopic (exact) mass is 455 g/mol. The number of carbonyl (C=O) groups is 2. The summed E-state index contributed by atoms with van der Waals surface area (Å²) < 4.78 is 2.07. The van der Waals surface area contributed by atoms with Gasteiger partial charge in [0.05, 0.1) is 22.7 Å². The van der Waals surface area contributed by atoms with Crippen molar-refractivity contribution < 1.29 is 9.59 Å². The first-order chi connectivity index (χ1) is 16.5. The molecule has 7 nitrogen and oxygen atoms in total. The molecule has 0 saturated heterocycles. The van der Waals surface area contributed by atoms with Crippen LogP contribution in [0.15, 0.2) is 42.5 Å². The van der Waals surface area contributed by atoms with Crippen molar-refractivity contribution >= 4 is 34.5 Å². The van der Waals surface area contributed by atoms with Crippen LogP contribution < -0.4 is 10.2 Å². The van der Waals surface area contributed by atoms with Crippen LogP contribution in [-0.2, 0) is 11.3 Å². The average molecular weight is 456 g/mol. The molecule has 1 heterocycles. The highest BCUT2D eigenvalue weighted by Gasteiger charge is 2.27. The van der Waals surface area contributed by atoms with Crippen LogP contribution in [0.3, 0.4) is 0 Å². The van der Waals surface area contributed by atoms with E-state index < -0.39 is 0 Å². The van der Waals surface area contributed by atoms with Gasteiger partial charge in [-0.05, 0) is 74.1 Å². The molecule has 2 amide bonds. The molecule has 0 spiro atoms. The lowest BCUT2D eigenvalue weighted by Crippen LogP contribution is -2.33. The summed E-state index contributed by atoms with van der Waals surface area (Å²) in [5, 5.41) is 11.9. The van der Waals surface area contributed by atoms with Crippen LogP contribution in [-0.4, -0.2) is 28.4 Å². The molecule has 5 rings (SSSR count). The molecule has 0 radical (unpaired) electrons. The van der Waals surface area contributed by atoms with Crippen LogP contribution in [0.25, 0.3) is 11.0 Å². The van der Waals surface area contributed by atoms with Crippen LogP contribution in [0.2, 0.25) is 0 Å². The third-order valence-electron chi connectivity index (χ3n) is 7.04. The lowest BCUT2D eigenvalue weighted by molar-refractivity contribution is -0.123. The van der Waals surface area contributed by atoms with Gasteiger partial charge in [0.2, 0.25) is 11.9 Å². The van der Waals surface area contributed by atoms with E-state index in [9.17, 15) is 9.59 Å². The van der Waals surface area contributed by atoms with Gasteiger partial charge in [-0.2, -0.15) is 5.26 Å². The van der Waals surface area contributed by atoms with E-state index in [1.807, 2.05) is 25.2 Å². The number of nitrogens with one attached hydrogen (secondary N) is 1. The number of benzene rings is 2. The summed E-state index contributed by atoms with van der Waals surface area (Å²) in [6, 6.07) is 14.5. The molecule has 2 fully saturated rings. The van der Waals surface area contributed by atoms with Gasteiger partial charge in [0.15, 0.2) is 0 Å². The second-order valence-electron chi connectivity index (χ2n) is 9.54. The number of fused-ring (bicyclic) bond motifs is 1. The number of nitrogens with zero attached hydrogens (tertiary/aromatic N) is 4. The first kappa shape index (κ1) is 22.1. The van der Waals surface area contributed by atoms with Crippen molar-refractivity contribution in [3.63, 3.8) is 0 Å². The molecule has 2 aliphatic carbocycles. The molecule has 2 aromatic carbocycles. The predicted octanol–water partition coefficient (Wildman–Crippen LogP) is 5.11. The molecule has 7 heteroatoms. The Bertz CT molecular complexity index is 1260. The predicted molar refractivity (Wildman–Crippen MR) is 132 cm³/mol. The standard InChI is InChI=1S/C27H29N5O2/c1-31(26(34)21-5-3-2-4-6-21)22-13-14-24-23(15-22)29-27(32(24)17-19-7-8-19)30-25(33)20-11-9-18(16-28)10-12-20/h9-15,19,21H,2-8,17H2,1H3,(H,29,30,33). The number of imidazole rings is 1. The van der Waals surface area contributed by atoms with E-state index in [4.69, 9.17) is 10.2 Å². The summed E-state index contributed by atoms with van der Waals surface area (Å²) in [7, 11) is 1.84. The van der Waals surface area contributed by atoms with Crippen LogP contribution >= 0.6 is 0 Å². The first-order valence-corrected chi connectivity index (χ1v) is 12.1. The molecule has 0 unspecified atom stereocenters. The summed E-state index contributed by atoms with van der Waals surface area (Å²) in [6.07, 6.45) is 7.75. The van der Waals surface area contributed by atoms with Crippen LogP contribution in [0.4, 0.5) is 11.6 Å². The second kappa shape index (κ2) is 9.30. The van der Waals surface area contributed by atoms with E-state index in [1.165, 1.54) is 19.3 Å². The first-order valence-electron chi connectivity index (χ1n) is 12.1. The molecule has 34 heavy (non-hydrogen) atoms.